The van der Waals surface area contributed by atoms with Gasteiger partial charge in [0.15, 0.2) is 0 Å². The van der Waals surface area contributed by atoms with Crippen LogP contribution < -0.4 is 0 Å². The Labute approximate surface area is 95.0 Å². The summed E-state index contributed by atoms with van der Waals surface area (Å²) in [6, 6.07) is 6.58. The normalized spacial score (nSPS) is 8.45. The molecule has 0 aliphatic heterocycles. The van der Waals surface area contributed by atoms with Gasteiger partial charge in [-0.3, -0.25) is 0 Å². The molecular formula is C7H5BrNaO2. The first-order valence-corrected chi connectivity index (χ1v) is 3.48. The van der Waals surface area contributed by atoms with E-state index in [9.17, 15) is 4.79 Å². The maximum Gasteiger partial charge on any atom is 0.335 e. The Kier molecular flexibility index (Phi) is 5.01. The molecule has 0 aromatic heterocycles. The molecule has 0 amide bonds. The zero-order valence-electron chi connectivity index (χ0n) is 6.04. The quantitative estimate of drug-likeness (QED) is 0.738. The Morgan fingerprint density at radius 1 is 1.45 bits per heavy atom. The molecule has 0 unspecified atom stereocenters. The van der Waals surface area contributed by atoms with E-state index in [4.69, 9.17) is 5.11 Å². The number of carbonyl (C=O) groups is 1. The molecule has 0 aliphatic rings. The van der Waals surface area contributed by atoms with E-state index in [-0.39, 0.29) is 29.6 Å². The molecule has 0 bridgehead atoms. The summed E-state index contributed by atoms with van der Waals surface area (Å²) < 4.78 is 0.785. The van der Waals surface area contributed by atoms with Crippen molar-refractivity contribution < 1.29 is 9.90 Å². The number of carboxylic acids is 1. The molecule has 1 N–H and O–H groups in total. The number of halogens is 1. The van der Waals surface area contributed by atoms with Gasteiger partial charge in [0.05, 0.1) is 5.56 Å². The zero-order valence-corrected chi connectivity index (χ0v) is 9.63. The molecule has 0 fully saturated rings. The number of carboxylic acid groups (broad SMARTS) is 1. The van der Waals surface area contributed by atoms with Crippen molar-refractivity contribution in [2.24, 2.45) is 0 Å². The van der Waals surface area contributed by atoms with E-state index in [0.29, 0.717) is 5.56 Å². The average Bonchev–Trinajstić information content (AvgIpc) is 1.88. The molecule has 4 heteroatoms. The van der Waals surface area contributed by atoms with E-state index in [0.717, 1.165) is 4.47 Å². The fourth-order valence-corrected chi connectivity index (χ4v) is 1.02. The van der Waals surface area contributed by atoms with Crippen LogP contribution in [-0.2, 0) is 0 Å². The van der Waals surface area contributed by atoms with Gasteiger partial charge in [-0.25, -0.2) is 4.79 Å². The summed E-state index contributed by atoms with van der Waals surface area (Å²) in [4.78, 5) is 10.3. The van der Waals surface area contributed by atoms with Crippen LogP contribution in [0.4, 0.5) is 0 Å². The summed E-state index contributed by atoms with van der Waals surface area (Å²) in [5, 5.41) is 8.49. The van der Waals surface area contributed by atoms with Crippen LogP contribution in [0.3, 0.4) is 0 Å². The van der Waals surface area contributed by atoms with Gasteiger partial charge >= 0.3 is 5.97 Å². The third-order valence-electron chi connectivity index (χ3n) is 1.07. The van der Waals surface area contributed by atoms with Crippen LogP contribution in [0.25, 0.3) is 0 Å². The van der Waals surface area contributed by atoms with Crippen molar-refractivity contribution in [3.05, 3.63) is 34.3 Å². The molecule has 1 radical (unpaired) electrons. The minimum Gasteiger partial charge on any atom is -0.478 e. The van der Waals surface area contributed by atoms with Crippen molar-refractivity contribution in [2.45, 2.75) is 0 Å². The third kappa shape index (κ3) is 3.38. The Morgan fingerprint density at radius 3 is 2.45 bits per heavy atom. The number of rotatable bonds is 1. The first-order chi connectivity index (χ1) is 4.70. The van der Waals surface area contributed by atoms with Crippen LogP contribution in [0.1, 0.15) is 10.4 Å². The van der Waals surface area contributed by atoms with E-state index >= 15 is 0 Å². The van der Waals surface area contributed by atoms with Gasteiger partial charge in [-0.1, -0.05) is 22.0 Å². The van der Waals surface area contributed by atoms with Crippen molar-refractivity contribution in [1.82, 2.24) is 0 Å². The van der Waals surface area contributed by atoms with Gasteiger partial charge in [0.2, 0.25) is 0 Å². The van der Waals surface area contributed by atoms with Gasteiger partial charge in [-0.05, 0) is 18.2 Å². The predicted octanol–water partition coefficient (Wildman–Crippen LogP) is 1.77. The molecule has 0 atom stereocenters. The number of hydrogen-bond donors (Lipinski definition) is 1. The molecule has 11 heavy (non-hydrogen) atoms. The van der Waals surface area contributed by atoms with Gasteiger partial charge in [0.1, 0.15) is 0 Å². The van der Waals surface area contributed by atoms with Crippen LogP contribution in [0.2, 0.25) is 0 Å². The maximum atomic E-state index is 10.3. The fraction of sp³-hybridized carbons (Fsp3) is 0. The largest absolute Gasteiger partial charge is 0.478 e. The summed E-state index contributed by atoms with van der Waals surface area (Å²) in [7, 11) is 0. The second kappa shape index (κ2) is 4.93. The fourth-order valence-electron chi connectivity index (χ4n) is 0.622. The monoisotopic (exact) mass is 223 g/mol. The van der Waals surface area contributed by atoms with Crippen molar-refractivity contribution >= 4 is 51.5 Å². The average molecular weight is 224 g/mol. The van der Waals surface area contributed by atoms with Crippen LogP contribution in [0.5, 0.6) is 0 Å². The van der Waals surface area contributed by atoms with Gasteiger partial charge < -0.3 is 5.11 Å². The van der Waals surface area contributed by atoms with Crippen molar-refractivity contribution in [1.29, 1.82) is 0 Å². The first kappa shape index (κ1) is 11.2. The van der Waals surface area contributed by atoms with Crippen LogP contribution >= 0.6 is 15.9 Å². The topological polar surface area (TPSA) is 37.3 Å². The Bertz CT molecular complexity index is 262. The third-order valence-corrected chi connectivity index (χ3v) is 1.56. The molecule has 1 aromatic rings. The van der Waals surface area contributed by atoms with Crippen molar-refractivity contribution in [3.8, 4) is 0 Å². The molecule has 0 heterocycles. The minimum atomic E-state index is -0.902. The second-order valence-electron chi connectivity index (χ2n) is 1.82. The van der Waals surface area contributed by atoms with Crippen LogP contribution in [0, 0.1) is 0 Å². The molecule has 1 aromatic carbocycles. The first-order valence-electron chi connectivity index (χ1n) is 2.69. The number of benzene rings is 1. The van der Waals surface area contributed by atoms with Gasteiger partial charge in [-0.2, -0.15) is 0 Å². The van der Waals surface area contributed by atoms with E-state index in [1.54, 1.807) is 24.3 Å². The molecule has 1 rings (SSSR count). The standard InChI is InChI=1S/C7H5BrO2.Na/c8-6-3-1-2-5(4-6)7(9)10;/h1-4H,(H,9,10);. The van der Waals surface area contributed by atoms with Crippen molar-refractivity contribution in [3.63, 3.8) is 0 Å². The molecule has 0 saturated heterocycles. The Morgan fingerprint density at radius 2 is 2.09 bits per heavy atom. The molecule has 0 aliphatic carbocycles. The maximum absolute atomic E-state index is 10.3. The summed E-state index contributed by atoms with van der Waals surface area (Å²) in [5.74, 6) is -0.902. The second-order valence-corrected chi connectivity index (χ2v) is 2.73. The predicted molar refractivity (Wildman–Crippen MR) is 46.9 cm³/mol. The van der Waals surface area contributed by atoms with Gasteiger partial charge in [0, 0.05) is 34.0 Å². The number of hydrogen-bond acceptors (Lipinski definition) is 1. The van der Waals surface area contributed by atoms with Gasteiger partial charge in [0.25, 0.3) is 0 Å². The Balaban J connectivity index is 0.000001000. The molecule has 0 spiro atoms. The summed E-state index contributed by atoms with van der Waals surface area (Å²) in [6.07, 6.45) is 0. The van der Waals surface area contributed by atoms with Crippen LogP contribution in [0.15, 0.2) is 28.7 Å². The summed E-state index contributed by atoms with van der Waals surface area (Å²) >= 11 is 3.17. The van der Waals surface area contributed by atoms with E-state index in [1.807, 2.05) is 0 Å². The Hall–Kier alpha value is 0.170. The van der Waals surface area contributed by atoms with Crippen LogP contribution in [-0.4, -0.2) is 40.6 Å². The van der Waals surface area contributed by atoms with Crippen molar-refractivity contribution in [2.75, 3.05) is 0 Å². The number of aromatic carboxylic acids is 1. The summed E-state index contributed by atoms with van der Waals surface area (Å²) in [6.45, 7) is 0. The molecule has 53 valence electrons. The van der Waals surface area contributed by atoms with E-state index in [2.05, 4.69) is 15.9 Å². The smallest absolute Gasteiger partial charge is 0.335 e. The zero-order chi connectivity index (χ0) is 7.56. The SMILES string of the molecule is O=C(O)c1cccc(Br)c1.[Na]. The van der Waals surface area contributed by atoms with E-state index in [1.165, 1.54) is 0 Å². The molecular weight excluding hydrogens is 219 g/mol. The van der Waals surface area contributed by atoms with E-state index < -0.39 is 5.97 Å². The summed E-state index contributed by atoms with van der Waals surface area (Å²) in [5.41, 5.74) is 0.300. The van der Waals surface area contributed by atoms with Gasteiger partial charge in [-0.15, -0.1) is 0 Å². The minimum absolute atomic E-state index is 0. The molecule has 0 saturated carbocycles. The molecule has 2 nitrogen and oxygen atoms in total.